The van der Waals surface area contributed by atoms with Gasteiger partial charge in [-0.25, -0.2) is 4.79 Å². The van der Waals surface area contributed by atoms with E-state index in [9.17, 15) is 14.4 Å². The second-order valence-corrected chi connectivity index (χ2v) is 7.54. The van der Waals surface area contributed by atoms with Crippen molar-refractivity contribution in [1.82, 2.24) is 4.90 Å². The number of likely N-dealkylation sites (N-methyl/N-ethyl adjacent to an activating group) is 1. The van der Waals surface area contributed by atoms with Gasteiger partial charge in [0.25, 0.3) is 11.8 Å². The largest absolute Gasteiger partial charge is 0.459 e. The molecule has 150 valence electrons. The molecule has 3 rings (SSSR count). The number of ether oxygens (including phenoxy) is 1. The Hall–Kier alpha value is -3.39. The molecule has 0 bridgehead atoms. The number of furan rings is 1. The van der Waals surface area contributed by atoms with Crippen LogP contribution in [0.5, 0.6) is 0 Å². The van der Waals surface area contributed by atoms with Gasteiger partial charge in [-0.2, -0.15) is 0 Å². The Morgan fingerprint density at radius 2 is 1.83 bits per heavy atom. The van der Waals surface area contributed by atoms with Gasteiger partial charge >= 0.3 is 5.97 Å². The highest BCUT2D eigenvalue weighted by atomic mass is 32.1. The van der Waals surface area contributed by atoms with Gasteiger partial charge in [-0.15, -0.1) is 11.3 Å². The van der Waals surface area contributed by atoms with E-state index in [1.54, 1.807) is 63.5 Å². The Morgan fingerprint density at radius 1 is 1.10 bits per heavy atom. The molecule has 3 aromatic rings. The zero-order valence-corrected chi connectivity index (χ0v) is 17.0. The Bertz CT molecular complexity index is 1010. The number of aryl methyl sites for hydroxylation is 1. The third-order valence-corrected chi connectivity index (χ3v) is 5.21. The summed E-state index contributed by atoms with van der Waals surface area (Å²) in [6.07, 6.45) is 0.351. The monoisotopic (exact) mass is 412 g/mol. The number of thiophene rings is 1. The lowest BCUT2D eigenvalue weighted by Crippen LogP contribution is -2.31. The smallest absolute Gasteiger partial charge is 0.349 e. The van der Waals surface area contributed by atoms with Gasteiger partial charge in [0, 0.05) is 19.7 Å². The molecule has 2 aromatic heterocycles. The van der Waals surface area contributed by atoms with Crippen LogP contribution in [0.25, 0.3) is 0 Å². The van der Waals surface area contributed by atoms with E-state index in [0.29, 0.717) is 21.0 Å². The molecule has 0 aliphatic heterocycles. The van der Waals surface area contributed by atoms with Crippen molar-refractivity contribution in [1.29, 1.82) is 0 Å². The van der Waals surface area contributed by atoms with E-state index in [2.05, 4.69) is 5.32 Å². The molecule has 2 heterocycles. The first-order valence-corrected chi connectivity index (χ1v) is 9.61. The Morgan fingerprint density at radius 3 is 2.45 bits per heavy atom. The second kappa shape index (κ2) is 8.74. The molecule has 0 saturated carbocycles. The number of carbonyl (C=O) groups is 3. The first-order chi connectivity index (χ1) is 13.9. The number of hydrogen-bond donors (Lipinski definition) is 1. The molecule has 0 fully saturated rings. The summed E-state index contributed by atoms with van der Waals surface area (Å²) in [5.41, 5.74) is 1.22. The van der Waals surface area contributed by atoms with Crippen molar-refractivity contribution in [2.24, 2.45) is 0 Å². The van der Waals surface area contributed by atoms with Crippen LogP contribution in [0.4, 0.5) is 5.00 Å². The first-order valence-electron chi connectivity index (χ1n) is 8.79. The standard InChI is InChI=1S/C21H20N2O5S/c1-13-12-16(22-19(24)15-10-7-11-27-15)29-18(13)21(26)28-17(20(25)23(2)3)14-8-5-4-6-9-14/h4-12,17H,1-3H3,(H,22,24). The number of nitrogens with one attached hydrogen (secondary N) is 1. The summed E-state index contributed by atoms with van der Waals surface area (Å²) in [4.78, 5) is 39.2. The maximum atomic E-state index is 12.8. The van der Waals surface area contributed by atoms with E-state index >= 15 is 0 Å². The van der Waals surface area contributed by atoms with Gasteiger partial charge in [0.2, 0.25) is 6.10 Å². The average molecular weight is 412 g/mol. The summed E-state index contributed by atoms with van der Waals surface area (Å²) in [6.45, 7) is 1.74. The predicted octanol–water partition coefficient (Wildman–Crippen LogP) is 3.89. The summed E-state index contributed by atoms with van der Waals surface area (Å²) < 4.78 is 10.6. The van der Waals surface area contributed by atoms with Gasteiger partial charge in [0.15, 0.2) is 5.76 Å². The highest BCUT2D eigenvalue weighted by Crippen LogP contribution is 2.30. The zero-order valence-electron chi connectivity index (χ0n) is 16.2. The van der Waals surface area contributed by atoms with Crippen molar-refractivity contribution in [2.75, 3.05) is 19.4 Å². The van der Waals surface area contributed by atoms with E-state index in [4.69, 9.17) is 9.15 Å². The molecular weight excluding hydrogens is 392 g/mol. The fourth-order valence-corrected chi connectivity index (χ4v) is 3.56. The highest BCUT2D eigenvalue weighted by Gasteiger charge is 2.28. The highest BCUT2D eigenvalue weighted by molar-refractivity contribution is 7.18. The molecular formula is C21H20N2O5S. The molecule has 1 aromatic carbocycles. The lowest BCUT2D eigenvalue weighted by molar-refractivity contribution is -0.138. The quantitative estimate of drug-likeness (QED) is 0.621. The van der Waals surface area contributed by atoms with Gasteiger partial charge in [0.1, 0.15) is 4.88 Å². The Balaban J connectivity index is 1.79. The number of carbonyl (C=O) groups excluding carboxylic acids is 3. The number of anilines is 1. The van der Waals surface area contributed by atoms with Crippen molar-refractivity contribution in [2.45, 2.75) is 13.0 Å². The average Bonchev–Trinajstić information content (AvgIpc) is 3.36. The normalized spacial score (nSPS) is 11.6. The predicted molar refractivity (Wildman–Crippen MR) is 109 cm³/mol. The molecule has 2 amide bonds. The van der Waals surface area contributed by atoms with Crippen LogP contribution in [0, 0.1) is 6.92 Å². The zero-order chi connectivity index (χ0) is 21.0. The van der Waals surface area contributed by atoms with Gasteiger partial charge in [-0.3, -0.25) is 9.59 Å². The molecule has 1 atom stereocenters. The van der Waals surface area contributed by atoms with Crippen molar-refractivity contribution >= 4 is 34.1 Å². The molecule has 8 heteroatoms. The van der Waals surface area contributed by atoms with Crippen LogP contribution in [0.3, 0.4) is 0 Å². The van der Waals surface area contributed by atoms with Crippen molar-refractivity contribution in [3.63, 3.8) is 0 Å². The number of rotatable bonds is 6. The third kappa shape index (κ3) is 4.72. The first kappa shape index (κ1) is 20.3. The van der Waals surface area contributed by atoms with Crippen LogP contribution < -0.4 is 5.32 Å². The molecule has 0 aliphatic rings. The van der Waals surface area contributed by atoms with E-state index < -0.39 is 18.0 Å². The van der Waals surface area contributed by atoms with Crippen LogP contribution in [-0.2, 0) is 9.53 Å². The van der Waals surface area contributed by atoms with Gasteiger partial charge in [-0.05, 0) is 30.7 Å². The Kier molecular flexibility index (Phi) is 6.13. The maximum absolute atomic E-state index is 12.8. The van der Waals surface area contributed by atoms with Crippen LogP contribution in [0.15, 0.2) is 59.2 Å². The molecule has 0 radical (unpaired) electrons. The minimum absolute atomic E-state index is 0.168. The minimum atomic E-state index is -1.05. The topological polar surface area (TPSA) is 88.9 Å². The number of hydrogen-bond acceptors (Lipinski definition) is 6. The molecule has 0 saturated heterocycles. The van der Waals surface area contributed by atoms with Gasteiger partial charge in [0.05, 0.1) is 11.3 Å². The second-order valence-electron chi connectivity index (χ2n) is 6.48. The van der Waals surface area contributed by atoms with E-state index in [0.717, 1.165) is 11.3 Å². The van der Waals surface area contributed by atoms with Crippen molar-refractivity contribution < 1.29 is 23.5 Å². The molecule has 29 heavy (non-hydrogen) atoms. The third-order valence-electron chi connectivity index (χ3n) is 4.08. The van der Waals surface area contributed by atoms with E-state index in [1.165, 1.54) is 11.2 Å². The number of esters is 1. The van der Waals surface area contributed by atoms with Crippen LogP contribution in [0.2, 0.25) is 0 Å². The molecule has 1 N–H and O–H groups in total. The van der Waals surface area contributed by atoms with Gasteiger partial charge in [-0.1, -0.05) is 30.3 Å². The summed E-state index contributed by atoms with van der Waals surface area (Å²) in [5.74, 6) is -1.22. The lowest BCUT2D eigenvalue weighted by Gasteiger charge is -2.21. The molecule has 0 spiro atoms. The molecule has 0 aliphatic carbocycles. The number of benzene rings is 1. The van der Waals surface area contributed by atoms with Gasteiger partial charge < -0.3 is 19.4 Å². The van der Waals surface area contributed by atoms with Crippen LogP contribution in [0.1, 0.15) is 37.5 Å². The molecule has 7 nitrogen and oxygen atoms in total. The lowest BCUT2D eigenvalue weighted by atomic mass is 10.1. The van der Waals surface area contributed by atoms with E-state index in [1.807, 2.05) is 6.07 Å². The fraction of sp³-hybridized carbons (Fsp3) is 0.190. The van der Waals surface area contributed by atoms with Crippen LogP contribution in [-0.4, -0.2) is 36.8 Å². The number of nitrogens with zero attached hydrogens (tertiary/aromatic N) is 1. The Labute approximate surface area is 171 Å². The summed E-state index contributed by atoms with van der Waals surface area (Å²) in [5, 5.41) is 3.17. The summed E-state index contributed by atoms with van der Waals surface area (Å²) in [7, 11) is 3.20. The summed E-state index contributed by atoms with van der Waals surface area (Å²) in [6, 6.07) is 13.7. The minimum Gasteiger partial charge on any atom is -0.459 e. The SMILES string of the molecule is Cc1cc(NC(=O)c2ccco2)sc1C(=O)OC(C(=O)N(C)C)c1ccccc1. The summed E-state index contributed by atoms with van der Waals surface area (Å²) >= 11 is 1.08. The molecule has 1 unspecified atom stereocenters. The maximum Gasteiger partial charge on any atom is 0.349 e. The fourth-order valence-electron chi connectivity index (χ4n) is 2.61. The number of amides is 2. The van der Waals surface area contributed by atoms with Crippen molar-refractivity contribution in [3.05, 3.63) is 76.6 Å². The van der Waals surface area contributed by atoms with E-state index in [-0.39, 0.29) is 11.7 Å². The van der Waals surface area contributed by atoms with Crippen LogP contribution >= 0.6 is 11.3 Å². The van der Waals surface area contributed by atoms with Crippen molar-refractivity contribution in [3.8, 4) is 0 Å².